The van der Waals surface area contributed by atoms with Crippen molar-refractivity contribution in [3.63, 3.8) is 0 Å². The molecule has 0 bridgehead atoms. The minimum Gasteiger partial charge on any atom is -0.460 e. The Labute approximate surface area is 140 Å². The molecule has 0 aliphatic rings. The van der Waals surface area contributed by atoms with Gasteiger partial charge in [0.2, 0.25) is 5.91 Å². The lowest BCUT2D eigenvalue weighted by Crippen LogP contribution is -2.23. The summed E-state index contributed by atoms with van der Waals surface area (Å²) in [6, 6.07) is 7.86. The third kappa shape index (κ3) is 3.71. The minimum atomic E-state index is -0.110. The lowest BCUT2D eigenvalue weighted by Gasteiger charge is -2.02. The molecule has 0 unspecified atom stereocenters. The van der Waals surface area contributed by atoms with Crippen molar-refractivity contribution in [3.8, 4) is 0 Å². The Morgan fingerprint density at radius 2 is 2.25 bits per heavy atom. The molecule has 3 aromatic rings. The largest absolute Gasteiger partial charge is 0.460 e. The molecule has 2 heterocycles. The number of benzene rings is 1. The topological polar surface area (TPSA) is 73.0 Å². The quantitative estimate of drug-likeness (QED) is 0.536. The molecule has 2 aromatic heterocycles. The van der Waals surface area contributed by atoms with E-state index in [-0.39, 0.29) is 5.91 Å². The van der Waals surface area contributed by atoms with Crippen molar-refractivity contribution in [1.29, 1.82) is 0 Å². The molecule has 0 atom stereocenters. The number of hydrogen-bond donors (Lipinski definition) is 1. The van der Waals surface area contributed by atoms with Crippen molar-refractivity contribution >= 4 is 23.0 Å². The first-order chi connectivity index (χ1) is 11.8. The summed E-state index contributed by atoms with van der Waals surface area (Å²) >= 11 is 0. The number of aromatic nitrogens is 3. The Morgan fingerprint density at radius 1 is 1.38 bits per heavy atom. The Hall–Kier alpha value is -2.89. The molecule has 1 amide bonds. The van der Waals surface area contributed by atoms with Crippen LogP contribution in [0.15, 0.2) is 47.4 Å². The van der Waals surface area contributed by atoms with E-state index in [0.29, 0.717) is 6.54 Å². The van der Waals surface area contributed by atoms with Gasteiger partial charge in [0, 0.05) is 36.5 Å². The number of hydrogen-bond acceptors (Lipinski definition) is 4. The summed E-state index contributed by atoms with van der Waals surface area (Å²) < 4.78 is 7.57. The van der Waals surface area contributed by atoms with Crippen LogP contribution in [0.4, 0.5) is 0 Å². The van der Waals surface area contributed by atoms with Crippen molar-refractivity contribution in [1.82, 2.24) is 20.1 Å². The number of aryl methyl sites for hydroxylation is 2. The van der Waals surface area contributed by atoms with Crippen LogP contribution in [0.2, 0.25) is 0 Å². The molecule has 1 aromatic carbocycles. The SMILES string of the molecule is CCc1oc2ccccc2c1C=CC(=O)NCCCn1cncn1. The first kappa shape index (κ1) is 16.0. The van der Waals surface area contributed by atoms with Gasteiger partial charge in [-0.1, -0.05) is 25.1 Å². The van der Waals surface area contributed by atoms with Gasteiger partial charge in [-0.15, -0.1) is 0 Å². The van der Waals surface area contributed by atoms with Crippen LogP contribution >= 0.6 is 0 Å². The number of amides is 1. The van der Waals surface area contributed by atoms with E-state index in [4.69, 9.17) is 4.42 Å². The second kappa shape index (κ2) is 7.59. The number of para-hydroxylation sites is 1. The summed E-state index contributed by atoms with van der Waals surface area (Å²) in [6.45, 7) is 3.37. The summed E-state index contributed by atoms with van der Waals surface area (Å²) in [5.41, 5.74) is 1.83. The van der Waals surface area contributed by atoms with Crippen LogP contribution in [-0.2, 0) is 17.8 Å². The fraction of sp³-hybridized carbons (Fsp3) is 0.278. The molecule has 0 aliphatic carbocycles. The lowest BCUT2D eigenvalue weighted by atomic mass is 10.1. The molecule has 0 fully saturated rings. The fourth-order valence-electron chi connectivity index (χ4n) is 2.58. The van der Waals surface area contributed by atoms with Crippen molar-refractivity contribution < 1.29 is 9.21 Å². The number of rotatable bonds is 7. The van der Waals surface area contributed by atoms with Gasteiger partial charge in [-0.3, -0.25) is 9.48 Å². The van der Waals surface area contributed by atoms with E-state index in [1.54, 1.807) is 17.1 Å². The van der Waals surface area contributed by atoms with E-state index in [9.17, 15) is 4.79 Å². The maximum absolute atomic E-state index is 12.0. The Balaban J connectivity index is 1.58. The van der Waals surface area contributed by atoms with Gasteiger partial charge in [0.05, 0.1) is 0 Å². The Bertz CT molecular complexity index is 834. The van der Waals surface area contributed by atoms with Crippen LogP contribution in [0.25, 0.3) is 17.0 Å². The summed E-state index contributed by atoms with van der Waals surface area (Å²) in [5, 5.41) is 7.93. The first-order valence-corrected chi connectivity index (χ1v) is 8.06. The Morgan fingerprint density at radius 3 is 3.04 bits per heavy atom. The van der Waals surface area contributed by atoms with E-state index >= 15 is 0 Å². The maximum Gasteiger partial charge on any atom is 0.244 e. The van der Waals surface area contributed by atoms with Crippen LogP contribution in [0.5, 0.6) is 0 Å². The number of fused-ring (bicyclic) bond motifs is 1. The lowest BCUT2D eigenvalue weighted by molar-refractivity contribution is -0.116. The first-order valence-electron chi connectivity index (χ1n) is 8.06. The van der Waals surface area contributed by atoms with Crippen LogP contribution in [0.3, 0.4) is 0 Å². The van der Waals surface area contributed by atoms with Gasteiger partial charge in [-0.25, -0.2) is 4.98 Å². The van der Waals surface area contributed by atoms with Crippen molar-refractivity contribution in [2.75, 3.05) is 6.54 Å². The van der Waals surface area contributed by atoms with Crippen molar-refractivity contribution in [2.24, 2.45) is 0 Å². The summed E-state index contributed by atoms with van der Waals surface area (Å²) in [6.07, 6.45) is 8.15. The van der Waals surface area contributed by atoms with Gasteiger partial charge in [0.1, 0.15) is 24.0 Å². The smallest absolute Gasteiger partial charge is 0.244 e. The molecule has 0 spiro atoms. The van der Waals surface area contributed by atoms with Gasteiger partial charge < -0.3 is 9.73 Å². The highest BCUT2D eigenvalue weighted by atomic mass is 16.3. The fourth-order valence-corrected chi connectivity index (χ4v) is 2.58. The Kier molecular flexibility index (Phi) is 5.05. The van der Waals surface area contributed by atoms with Gasteiger partial charge >= 0.3 is 0 Å². The molecule has 24 heavy (non-hydrogen) atoms. The molecule has 0 saturated carbocycles. The van der Waals surface area contributed by atoms with E-state index in [2.05, 4.69) is 15.4 Å². The van der Waals surface area contributed by atoms with E-state index in [1.807, 2.05) is 37.3 Å². The second-order valence-corrected chi connectivity index (χ2v) is 5.43. The predicted molar refractivity (Wildman–Crippen MR) is 92.3 cm³/mol. The van der Waals surface area contributed by atoms with E-state index in [1.165, 1.54) is 6.33 Å². The molecule has 3 rings (SSSR count). The molecule has 124 valence electrons. The predicted octanol–water partition coefficient (Wildman–Crippen LogP) is 2.81. The zero-order valence-electron chi connectivity index (χ0n) is 13.6. The highest BCUT2D eigenvalue weighted by molar-refractivity contribution is 5.96. The van der Waals surface area contributed by atoms with Gasteiger partial charge in [0.25, 0.3) is 0 Å². The highest BCUT2D eigenvalue weighted by Crippen LogP contribution is 2.27. The van der Waals surface area contributed by atoms with Crippen LogP contribution in [0, 0.1) is 0 Å². The minimum absolute atomic E-state index is 0.110. The molecule has 0 saturated heterocycles. The van der Waals surface area contributed by atoms with Crippen LogP contribution in [0.1, 0.15) is 24.7 Å². The zero-order valence-corrected chi connectivity index (χ0v) is 13.6. The average Bonchev–Trinajstić information content (AvgIpc) is 3.24. The standard InChI is InChI=1S/C18H20N4O2/c1-2-16-15(14-6-3-4-7-17(14)24-16)8-9-18(23)20-10-5-11-22-13-19-12-21-22/h3-4,6-9,12-13H,2,5,10-11H2,1H3,(H,20,23). The van der Waals surface area contributed by atoms with Gasteiger partial charge in [-0.2, -0.15) is 5.10 Å². The molecule has 0 radical (unpaired) electrons. The normalized spacial score (nSPS) is 11.4. The third-order valence-corrected chi connectivity index (χ3v) is 3.76. The monoisotopic (exact) mass is 324 g/mol. The second-order valence-electron chi connectivity index (χ2n) is 5.43. The van der Waals surface area contributed by atoms with E-state index < -0.39 is 0 Å². The third-order valence-electron chi connectivity index (χ3n) is 3.76. The molecular formula is C18H20N4O2. The number of carbonyl (C=O) groups excluding carboxylic acids is 1. The van der Waals surface area contributed by atoms with Gasteiger partial charge in [0.15, 0.2) is 0 Å². The van der Waals surface area contributed by atoms with Crippen molar-refractivity contribution in [3.05, 3.63) is 54.3 Å². The molecule has 6 nitrogen and oxygen atoms in total. The number of carbonyl (C=O) groups is 1. The number of nitrogens with zero attached hydrogens (tertiary/aromatic N) is 3. The molecule has 6 heteroatoms. The van der Waals surface area contributed by atoms with Crippen LogP contribution in [-0.4, -0.2) is 27.2 Å². The highest BCUT2D eigenvalue weighted by Gasteiger charge is 2.10. The molecule has 1 N–H and O–H groups in total. The molecule has 0 aliphatic heterocycles. The summed E-state index contributed by atoms with van der Waals surface area (Å²) in [4.78, 5) is 15.9. The zero-order chi connectivity index (χ0) is 16.8. The van der Waals surface area contributed by atoms with E-state index in [0.717, 1.165) is 41.7 Å². The summed E-state index contributed by atoms with van der Waals surface area (Å²) in [5.74, 6) is 0.785. The number of furan rings is 1. The maximum atomic E-state index is 12.0. The number of nitrogens with one attached hydrogen (secondary N) is 1. The molecular weight excluding hydrogens is 304 g/mol. The van der Waals surface area contributed by atoms with Crippen LogP contribution < -0.4 is 5.32 Å². The van der Waals surface area contributed by atoms with Gasteiger partial charge in [-0.05, 0) is 18.6 Å². The van der Waals surface area contributed by atoms with Crippen molar-refractivity contribution in [2.45, 2.75) is 26.3 Å². The average molecular weight is 324 g/mol. The summed E-state index contributed by atoms with van der Waals surface area (Å²) in [7, 11) is 0.